The van der Waals surface area contributed by atoms with Crippen LogP contribution >= 0.6 is 0 Å². The van der Waals surface area contributed by atoms with Crippen molar-refractivity contribution >= 4 is 17.5 Å². The van der Waals surface area contributed by atoms with Gasteiger partial charge in [0.25, 0.3) is 0 Å². The van der Waals surface area contributed by atoms with Crippen molar-refractivity contribution in [3.63, 3.8) is 0 Å². The average Bonchev–Trinajstić information content (AvgIpc) is 2.39. The Morgan fingerprint density at radius 2 is 2.18 bits per heavy atom. The number of carbonyl (C=O) groups excluding carboxylic acids is 2. The van der Waals surface area contributed by atoms with Crippen molar-refractivity contribution in [2.45, 2.75) is 12.8 Å². The first-order valence-corrected chi connectivity index (χ1v) is 5.63. The number of piperidine rings is 1. The van der Waals surface area contributed by atoms with Crippen LogP contribution in [-0.4, -0.2) is 30.4 Å². The lowest BCUT2D eigenvalue weighted by atomic mass is 9.97. The van der Waals surface area contributed by atoms with Crippen molar-refractivity contribution in [1.82, 2.24) is 10.3 Å². The number of carbonyl (C=O) groups is 2. The van der Waals surface area contributed by atoms with Crippen LogP contribution in [0.5, 0.6) is 0 Å². The van der Waals surface area contributed by atoms with Crippen molar-refractivity contribution in [2.24, 2.45) is 5.92 Å². The van der Waals surface area contributed by atoms with E-state index >= 15 is 0 Å². The van der Waals surface area contributed by atoms with Crippen LogP contribution in [0.1, 0.15) is 12.8 Å². The van der Waals surface area contributed by atoms with Crippen molar-refractivity contribution in [3.05, 3.63) is 24.5 Å². The van der Waals surface area contributed by atoms with Gasteiger partial charge in [0.05, 0.1) is 5.92 Å². The molecule has 2 rings (SSSR count). The van der Waals surface area contributed by atoms with Crippen LogP contribution in [0.3, 0.4) is 0 Å². The van der Waals surface area contributed by atoms with Gasteiger partial charge < -0.3 is 10.2 Å². The average molecular weight is 233 g/mol. The summed E-state index contributed by atoms with van der Waals surface area (Å²) in [5.74, 6) is -0.0531. The number of anilines is 1. The van der Waals surface area contributed by atoms with E-state index in [0.717, 1.165) is 5.69 Å². The second kappa shape index (κ2) is 4.95. The second-order valence-corrected chi connectivity index (χ2v) is 4.14. The SMILES string of the molecule is CN(C(=O)C1CCC(=O)NC1)c1ccncc1. The summed E-state index contributed by atoms with van der Waals surface area (Å²) in [4.78, 5) is 28.7. The van der Waals surface area contributed by atoms with Crippen LogP contribution in [0, 0.1) is 5.92 Å². The largest absolute Gasteiger partial charge is 0.355 e. The van der Waals surface area contributed by atoms with Crippen molar-refractivity contribution < 1.29 is 9.59 Å². The van der Waals surface area contributed by atoms with Gasteiger partial charge in [0, 0.05) is 38.1 Å². The molecule has 0 aliphatic carbocycles. The molecule has 2 amide bonds. The third-order valence-corrected chi connectivity index (χ3v) is 3.00. The Morgan fingerprint density at radius 1 is 1.47 bits per heavy atom. The van der Waals surface area contributed by atoms with Crippen LogP contribution in [0.4, 0.5) is 5.69 Å². The number of aromatic nitrogens is 1. The van der Waals surface area contributed by atoms with Gasteiger partial charge in [-0.2, -0.15) is 0 Å². The Hall–Kier alpha value is -1.91. The molecule has 0 aromatic carbocycles. The summed E-state index contributed by atoms with van der Waals surface area (Å²) in [6.07, 6.45) is 4.37. The van der Waals surface area contributed by atoms with Crippen LogP contribution in [0.15, 0.2) is 24.5 Å². The van der Waals surface area contributed by atoms with Crippen molar-refractivity contribution in [3.8, 4) is 0 Å². The first-order chi connectivity index (χ1) is 8.18. The number of amides is 2. The maximum Gasteiger partial charge on any atom is 0.231 e. The van der Waals surface area contributed by atoms with Gasteiger partial charge in [0.2, 0.25) is 11.8 Å². The van der Waals surface area contributed by atoms with Crippen molar-refractivity contribution in [2.75, 3.05) is 18.5 Å². The summed E-state index contributed by atoms with van der Waals surface area (Å²) in [7, 11) is 1.74. The lowest BCUT2D eigenvalue weighted by molar-refractivity contribution is -0.127. The van der Waals surface area contributed by atoms with Gasteiger partial charge in [-0.1, -0.05) is 0 Å². The zero-order chi connectivity index (χ0) is 12.3. The highest BCUT2D eigenvalue weighted by Gasteiger charge is 2.27. The standard InChI is InChI=1S/C12H15N3O2/c1-15(10-4-6-13-7-5-10)12(17)9-2-3-11(16)14-8-9/h4-7,9H,2-3,8H2,1H3,(H,14,16). The second-order valence-electron chi connectivity index (χ2n) is 4.14. The number of pyridine rings is 1. The molecule has 1 saturated heterocycles. The number of hydrogen-bond acceptors (Lipinski definition) is 3. The lowest BCUT2D eigenvalue weighted by Crippen LogP contribution is -2.43. The van der Waals surface area contributed by atoms with Crippen LogP contribution in [-0.2, 0) is 9.59 Å². The lowest BCUT2D eigenvalue weighted by Gasteiger charge is -2.26. The molecule has 1 atom stereocenters. The van der Waals surface area contributed by atoms with Crippen molar-refractivity contribution in [1.29, 1.82) is 0 Å². The topological polar surface area (TPSA) is 62.3 Å². The van der Waals surface area contributed by atoms with Crippen LogP contribution in [0.2, 0.25) is 0 Å². The minimum atomic E-state index is -0.120. The monoisotopic (exact) mass is 233 g/mol. The molecule has 1 aromatic rings. The fourth-order valence-electron chi connectivity index (χ4n) is 1.91. The van der Waals surface area contributed by atoms with Crippen LogP contribution in [0.25, 0.3) is 0 Å². The van der Waals surface area contributed by atoms with E-state index in [1.165, 1.54) is 0 Å². The molecular weight excluding hydrogens is 218 g/mol. The molecule has 90 valence electrons. The molecule has 5 heteroatoms. The zero-order valence-electron chi connectivity index (χ0n) is 9.72. The Kier molecular flexibility index (Phi) is 3.37. The molecule has 5 nitrogen and oxygen atoms in total. The maximum atomic E-state index is 12.2. The highest BCUT2D eigenvalue weighted by molar-refractivity contribution is 5.95. The molecule has 1 aromatic heterocycles. The maximum absolute atomic E-state index is 12.2. The van der Waals surface area contributed by atoms with E-state index in [-0.39, 0.29) is 17.7 Å². The van der Waals surface area contributed by atoms with E-state index in [2.05, 4.69) is 10.3 Å². The molecule has 0 spiro atoms. The quantitative estimate of drug-likeness (QED) is 0.812. The van der Waals surface area contributed by atoms with Gasteiger partial charge in [0.1, 0.15) is 0 Å². The van der Waals surface area contributed by atoms with Gasteiger partial charge in [-0.3, -0.25) is 14.6 Å². The smallest absolute Gasteiger partial charge is 0.231 e. The minimum absolute atomic E-state index is 0.0283. The van der Waals surface area contributed by atoms with E-state index in [9.17, 15) is 9.59 Å². The molecular formula is C12H15N3O2. The third kappa shape index (κ3) is 2.61. The van der Waals surface area contributed by atoms with E-state index in [4.69, 9.17) is 0 Å². The summed E-state index contributed by atoms with van der Waals surface area (Å²) >= 11 is 0. The summed E-state index contributed by atoms with van der Waals surface area (Å²) in [5.41, 5.74) is 0.821. The first kappa shape index (κ1) is 11.6. The number of rotatable bonds is 2. The molecule has 2 heterocycles. The van der Waals surface area contributed by atoms with Crippen LogP contribution < -0.4 is 10.2 Å². The Bertz CT molecular complexity index is 409. The minimum Gasteiger partial charge on any atom is -0.355 e. The fraction of sp³-hybridized carbons (Fsp3) is 0.417. The molecule has 17 heavy (non-hydrogen) atoms. The van der Waals surface area contributed by atoms with Gasteiger partial charge in [0.15, 0.2) is 0 Å². The molecule has 0 saturated carbocycles. The summed E-state index contributed by atoms with van der Waals surface area (Å²) < 4.78 is 0. The molecule has 1 aliphatic rings. The molecule has 0 radical (unpaired) electrons. The third-order valence-electron chi connectivity index (χ3n) is 3.00. The van der Waals surface area contributed by atoms with E-state index in [1.807, 2.05) is 0 Å². The predicted octanol–water partition coefficient (Wildman–Crippen LogP) is 0.571. The van der Waals surface area contributed by atoms with Gasteiger partial charge in [-0.25, -0.2) is 0 Å². The normalized spacial score (nSPS) is 19.6. The fourth-order valence-corrected chi connectivity index (χ4v) is 1.91. The zero-order valence-corrected chi connectivity index (χ0v) is 9.72. The predicted molar refractivity (Wildman–Crippen MR) is 63.4 cm³/mol. The molecule has 1 N–H and O–H groups in total. The Morgan fingerprint density at radius 3 is 2.76 bits per heavy atom. The Labute approximate surface area is 99.8 Å². The van der Waals surface area contributed by atoms with E-state index in [1.54, 1.807) is 36.5 Å². The molecule has 1 unspecified atom stereocenters. The summed E-state index contributed by atoms with van der Waals surface area (Å²) in [6, 6.07) is 3.58. The number of hydrogen-bond donors (Lipinski definition) is 1. The van der Waals surface area contributed by atoms with Gasteiger partial charge >= 0.3 is 0 Å². The molecule has 0 bridgehead atoms. The molecule has 1 fully saturated rings. The molecule has 1 aliphatic heterocycles. The Balaban J connectivity index is 2.03. The summed E-state index contributed by atoms with van der Waals surface area (Å²) in [5, 5.41) is 2.72. The van der Waals surface area contributed by atoms with Gasteiger partial charge in [-0.15, -0.1) is 0 Å². The number of nitrogens with one attached hydrogen (secondary N) is 1. The first-order valence-electron chi connectivity index (χ1n) is 5.63. The highest BCUT2D eigenvalue weighted by Crippen LogP contribution is 2.18. The van der Waals surface area contributed by atoms with E-state index < -0.39 is 0 Å². The highest BCUT2D eigenvalue weighted by atomic mass is 16.2. The number of nitrogens with zero attached hydrogens (tertiary/aromatic N) is 2. The van der Waals surface area contributed by atoms with Gasteiger partial charge in [-0.05, 0) is 18.6 Å². The summed E-state index contributed by atoms with van der Waals surface area (Å²) in [6.45, 7) is 0.438. The van der Waals surface area contributed by atoms with E-state index in [0.29, 0.717) is 19.4 Å².